The van der Waals surface area contributed by atoms with Gasteiger partial charge in [0, 0.05) is 36.8 Å². The lowest BCUT2D eigenvalue weighted by Crippen LogP contribution is -2.65. The van der Waals surface area contributed by atoms with E-state index in [0.717, 1.165) is 10.5 Å². The second-order valence-corrected chi connectivity index (χ2v) is 16.7. The van der Waals surface area contributed by atoms with Crippen LogP contribution in [0.25, 0.3) is 16.9 Å². The van der Waals surface area contributed by atoms with Gasteiger partial charge in [0.05, 0.1) is 22.9 Å². The van der Waals surface area contributed by atoms with Crippen molar-refractivity contribution in [2.75, 3.05) is 51.7 Å². The molecule has 3 aliphatic carbocycles. The Bertz CT molecular complexity index is 2400. The quantitative estimate of drug-likeness (QED) is 0.0738. The number of Topliss-reactive ketones (excluding diaryl/α,β-unsaturated/α-hetero) is 2. The number of hydrogen-bond donors (Lipinski definition) is 6. The van der Waals surface area contributed by atoms with Crippen LogP contribution in [0.15, 0.2) is 77.6 Å². The van der Waals surface area contributed by atoms with Gasteiger partial charge in [-0.2, -0.15) is 0 Å². The lowest BCUT2D eigenvalue weighted by Gasteiger charge is -2.50. The molecule has 0 aliphatic heterocycles. The number of carbonyl (C=O) groups is 6. The number of likely N-dealkylation sites (N-methyl/N-ethyl adjacent to an activating group) is 1. The molecule has 3 amide bonds. The highest BCUT2D eigenvalue weighted by molar-refractivity contribution is 6.24. The molecule has 0 radical (unpaired) electrons. The van der Waals surface area contributed by atoms with Gasteiger partial charge < -0.3 is 45.9 Å². The van der Waals surface area contributed by atoms with Gasteiger partial charge in [0.1, 0.15) is 29.4 Å². The van der Waals surface area contributed by atoms with Crippen LogP contribution in [-0.2, 0) is 35.1 Å². The van der Waals surface area contributed by atoms with Gasteiger partial charge in [-0.3, -0.25) is 29.0 Å². The van der Waals surface area contributed by atoms with Crippen molar-refractivity contribution in [2.45, 2.75) is 50.8 Å². The van der Waals surface area contributed by atoms with Gasteiger partial charge in [-0.15, -0.1) is 0 Å². The maximum Gasteiger partial charge on any atom is 0.413 e. The Balaban J connectivity index is 1.25. The molecular formula is C44H49N5O12. The number of nitrogens with one attached hydrogen (secondary N) is 1. The van der Waals surface area contributed by atoms with Crippen molar-refractivity contribution in [3.63, 3.8) is 0 Å². The molecular weight excluding hydrogens is 791 g/mol. The molecule has 0 spiro atoms. The number of aliphatic hydroxyl groups is 3. The van der Waals surface area contributed by atoms with Crippen LogP contribution in [0.1, 0.15) is 48.7 Å². The van der Waals surface area contributed by atoms with Crippen LogP contribution in [0, 0.1) is 11.8 Å². The predicted octanol–water partition coefficient (Wildman–Crippen LogP) is 3.69. The minimum absolute atomic E-state index is 0.0237. The van der Waals surface area contributed by atoms with Gasteiger partial charge in [-0.1, -0.05) is 48.5 Å². The lowest BCUT2D eigenvalue weighted by molar-refractivity contribution is -0.153. The molecule has 322 valence electrons. The van der Waals surface area contributed by atoms with E-state index in [1.807, 2.05) is 30.3 Å². The summed E-state index contributed by atoms with van der Waals surface area (Å²) in [6.07, 6.45) is -1.07. The Morgan fingerprint density at radius 3 is 2.18 bits per heavy atom. The summed E-state index contributed by atoms with van der Waals surface area (Å²) in [4.78, 5) is 84.4. The number of nitrogens with zero attached hydrogens (tertiary/aromatic N) is 3. The Kier molecular flexibility index (Phi) is 11.8. The molecule has 0 heterocycles. The summed E-state index contributed by atoms with van der Waals surface area (Å²) in [5.41, 5.74) is 2.31. The molecule has 3 aromatic rings. The van der Waals surface area contributed by atoms with Crippen molar-refractivity contribution in [2.24, 2.45) is 17.6 Å². The SMILES string of the molecule is CN(C)c1cc(NC(=O)CN(C(=O)OCOC(=O)c2ccccc2-c2ccccc2)C(C)(C)C)c(O)c2c1C[C@H]1C[C@H]3[C@H](N(C)C)C(=O)C(C(N)=O)=C(O)[C@@]3(O)C(=O)C1=C2O. The Morgan fingerprint density at radius 1 is 0.934 bits per heavy atom. The number of aliphatic hydroxyl groups excluding tert-OH is 2. The highest BCUT2D eigenvalue weighted by Gasteiger charge is 2.64. The molecule has 0 bridgehead atoms. The zero-order chi connectivity index (χ0) is 44.9. The number of phenols is 1. The summed E-state index contributed by atoms with van der Waals surface area (Å²) in [5.74, 6) is -9.59. The van der Waals surface area contributed by atoms with E-state index in [2.05, 4.69) is 5.32 Å². The summed E-state index contributed by atoms with van der Waals surface area (Å²) in [7, 11) is 6.39. The van der Waals surface area contributed by atoms with Crippen LogP contribution in [0.4, 0.5) is 16.2 Å². The number of primary amides is 1. The average Bonchev–Trinajstić information content (AvgIpc) is 3.18. The standard InChI is InChI=1S/C44H49N5O12/c1-43(2,3)49(42(58)61-21-60-41(57)25-16-12-11-15-24(25)22-13-9-8-10-14-22)20-30(50)46-28-19-29(47(4)5)26-17-23-18-27-34(48(6)7)37(53)33(40(45)56)39(55)44(27,59)38(54)31(23)36(52)32(26)35(28)51/h8-16,19,23,27,34,51-52,55,59H,17-18,20-21H2,1-7H3,(H2,45,56)(H,46,50)/t23-,27-,34-,44-/m0/s1. The Labute approximate surface area is 351 Å². The van der Waals surface area contributed by atoms with Crippen LogP contribution >= 0.6 is 0 Å². The van der Waals surface area contributed by atoms with Crippen LogP contribution < -0.4 is 16.0 Å². The third kappa shape index (κ3) is 7.77. The molecule has 17 nitrogen and oxygen atoms in total. The molecule has 4 atom stereocenters. The fourth-order valence-corrected chi connectivity index (χ4v) is 8.51. The number of carbonyl (C=O) groups excluding carboxylic acids is 6. The number of phenolic OH excluding ortho intramolecular Hbond substituents is 1. The summed E-state index contributed by atoms with van der Waals surface area (Å²) in [6.45, 7) is 3.56. The van der Waals surface area contributed by atoms with Crippen molar-refractivity contribution in [3.8, 4) is 16.9 Å². The Morgan fingerprint density at radius 2 is 1.57 bits per heavy atom. The third-order valence-electron chi connectivity index (χ3n) is 11.4. The van der Waals surface area contributed by atoms with Gasteiger partial charge in [-0.05, 0) is 82.4 Å². The maximum absolute atomic E-state index is 14.3. The number of ether oxygens (including phenoxy) is 2. The number of hydrogen-bond acceptors (Lipinski definition) is 14. The molecule has 7 N–H and O–H groups in total. The number of ketones is 2. The number of aromatic hydroxyl groups is 1. The van der Waals surface area contributed by atoms with Crippen molar-refractivity contribution in [3.05, 3.63) is 94.3 Å². The van der Waals surface area contributed by atoms with Gasteiger partial charge in [0.25, 0.3) is 5.91 Å². The molecule has 1 saturated carbocycles. The summed E-state index contributed by atoms with van der Waals surface area (Å²) >= 11 is 0. The van der Waals surface area contributed by atoms with Crippen molar-refractivity contribution < 1.29 is 58.7 Å². The van der Waals surface area contributed by atoms with E-state index in [-0.39, 0.29) is 35.2 Å². The minimum atomic E-state index is -2.83. The molecule has 6 rings (SSSR count). The summed E-state index contributed by atoms with van der Waals surface area (Å²) in [5, 5.41) is 49.2. The highest BCUT2D eigenvalue weighted by atomic mass is 16.7. The molecule has 61 heavy (non-hydrogen) atoms. The fraction of sp³-hybridized carbons (Fsp3) is 0.364. The molecule has 1 fully saturated rings. The van der Waals surface area contributed by atoms with Crippen LogP contribution in [0.5, 0.6) is 5.75 Å². The van der Waals surface area contributed by atoms with Gasteiger partial charge in [0.2, 0.25) is 18.5 Å². The lowest BCUT2D eigenvalue weighted by atomic mass is 9.57. The zero-order valence-electron chi connectivity index (χ0n) is 34.8. The molecule has 0 aromatic heterocycles. The monoisotopic (exact) mass is 839 g/mol. The Hall–Kier alpha value is -6.72. The van der Waals surface area contributed by atoms with E-state index in [4.69, 9.17) is 15.2 Å². The van der Waals surface area contributed by atoms with E-state index < -0.39 is 101 Å². The van der Waals surface area contributed by atoms with Crippen molar-refractivity contribution >= 4 is 52.6 Å². The van der Waals surface area contributed by atoms with E-state index in [9.17, 15) is 49.2 Å². The number of benzene rings is 3. The van der Waals surface area contributed by atoms with E-state index in [1.165, 1.54) is 25.1 Å². The van der Waals surface area contributed by atoms with Gasteiger partial charge in [-0.25, -0.2) is 9.59 Å². The third-order valence-corrected chi connectivity index (χ3v) is 11.4. The molecule has 3 aromatic carbocycles. The molecule has 0 saturated heterocycles. The van der Waals surface area contributed by atoms with E-state index in [1.54, 1.807) is 64.0 Å². The molecule has 0 unspecified atom stereocenters. The smallest absolute Gasteiger partial charge is 0.413 e. The number of anilines is 2. The van der Waals surface area contributed by atoms with Crippen molar-refractivity contribution in [1.29, 1.82) is 0 Å². The zero-order valence-corrected chi connectivity index (χ0v) is 34.8. The topological polar surface area (TPSA) is 250 Å². The van der Waals surface area contributed by atoms with E-state index >= 15 is 0 Å². The number of rotatable bonds is 10. The first-order chi connectivity index (χ1) is 28.6. The highest BCUT2D eigenvalue weighted by Crippen LogP contribution is 2.54. The summed E-state index contributed by atoms with van der Waals surface area (Å²) in [6, 6.07) is 16.2. The van der Waals surface area contributed by atoms with Gasteiger partial charge in [0.15, 0.2) is 11.4 Å². The predicted molar refractivity (Wildman–Crippen MR) is 222 cm³/mol. The first kappa shape index (κ1) is 43.8. The number of nitrogens with two attached hydrogens (primary N) is 1. The number of esters is 1. The fourth-order valence-electron chi connectivity index (χ4n) is 8.51. The first-order valence-electron chi connectivity index (χ1n) is 19.4. The second-order valence-electron chi connectivity index (χ2n) is 16.7. The number of amides is 3. The molecule has 17 heteroatoms. The first-order valence-corrected chi connectivity index (χ1v) is 19.4. The largest absolute Gasteiger partial charge is 0.508 e. The normalized spacial score (nSPS) is 21.0. The minimum Gasteiger partial charge on any atom is -0.508 e. The molecule has 3 aliphatic rings. The summed E-state index contributed by atoms with van der Waals surface area (Å²) < 4.78 is 10.6. The van der Waals surface area contributed by atoms with Crippen LogP contribution in [0.2, 0.25) is 0 Å². The second kappa shape index (κ2) is 16.4. The van der Waals surface area contributed by atoms with Crippen LogP contribution in [0.3, 0.4) is 0 Å². The van der Waals surface area contributed by atoms with Crippen LogP contribution in [-0.4, -0.2) is 124 Å². The maximum atomic E-state index is 14.3. The van der Waals surface area contributed by atoms with Gasteiger partial charge >= 0.3 is 12.1 Å². The van der Waals surface area contributed by atoms with E-state index in [0.29, 0.717) is 16.8 Å². The average molecular weight is 840 g/mol. The van der Waals surface area contributed by atoms with Crippen molar-refractivity contribution in [1.82, 2.24) is 9.80 Å². The number of fused-ring (bicyclic) bond motifs is 3.